The lowest BCUT2D eigenvalue weighted by Gasteiger charge is -2.23. The lowest BCUT2D eigenvalue weighted by Crippen LogP contribution is -2.37. The number of amides is 1. The second-order valence-electron chi connectivity index (χ2n) is 3.49. The molecule has 1 fully saturated rings. The number of hydrogen-bond donors (Lipinski definition) is 1. The first kappa shape index (κ1) is 5.96. The fourth-order valence-electron chi connectivity index (χ4n) is 1.80. The van der Waals surface area contributed by atoms with Crippen LogP contribution in [0.5, 0.6) is 0 Å². The molecule has 2 heteroatoms. The molecule has 0 aromatic rings. The van der Waals surface area contributed by atoms with Crippen LogP contribution in [0.3, 0.4) is 0 Å². The van der Waals surface area contributed by atoms with Crippen LogP contribution in [0.2, 0.25) is 0 Å². The van der Waals surface area contributed by atoms with Gasteiger partial charge >= 0.3 is 0 Å². The van der Waals surface area contributed by atoms with E-state index in [0.29, 0.717) is 0 Å². The second kappa shape index (κ2) is 1.62. The molecule has 2 aliphatic rings. The predicted octanol–water partition coefficient (Wildman–Crippen LogP) is 0.841. The Labute approximate surface area is 60.3 Å². The van der Waals surface area contributed by atoms with Gasteiger partial charge in [-0.25, -0.2) is 0 Å². The van der Waals surface area contributed by atoms with Gasteiger partial charge in [-0.05, 0) is 19.8 Å². The Balaban J connectivity index is 2.34. The Morgan fingerprint density at radius 3 is 3.20 bits per heavy atom. The zero-order chi connectivity index (χ0) is 7.19. The van der Waals surface area contributed by atoms with Gasteiger partial charge in [0.15, 0.2) is 0 Å². The number of carbonyl (C=O) groups excluding carboxylic acids is 1. The van der Waals surface area contributed by atoms with Crippen molar-refractivity contribution in [3.05, 3.63) is 12.2 Å². The highest BCUT2D eigenvalue weighted by atomic mass is 16.2. The summed E-state index contributed by atoms with van der Waals surface area (Å²) in [6.45, 7) is 2.11. The molecule has 1 N–H and O–H groups in total. The molecule has 1 aliphatic carbocycles. The summed E-state index contributed by atoms with van der Waals surface area (Å²) in [4.78, 5) is 11.1. The lowest BCUT2D eigenvalue weighted by atomic mass is 9.87. The largest absolute Gasteiger partial charge is 0.350 e. The third kappa shape index (κ3) is 0.681. The van der Waals surface area contributed by atoms with Gasteiger partial charge < -0.3 is 5.32 Å². The van der Waals surface area contributed by atoms with Crippen LogP contribution in [0.4, 0.5) is 0 Å². The van der Waals surface area contributed by atoms with Crippen LogP contribution in [0.1, 0.15) is 19.8 Å². The molecule has 2 nitrogen and oxygen atoms in total. The fourth-order valence-corrected chi connectivity index (χ4v) is 1.80. The SMILES string of the molecule is C[C@]12CC=C[C@H](C1)C(=O)N2. The number of rotatable bonds is 0. The molecule has 0 unspecified atom stereocenters. The predicted molar refractivity (Wildman–Crippen MR) is 38.4 cm³/mol. The standard InChI is InChI=1S/C8H11NO/c1-8-4-2-3-6(5-8)7(10)9-8/h2-3,6H,4-5H2,1H3,(H,9,10)/t6-,8+/m1/s1. The van der Waals surface area contributed by atoms with E-state index in [1.807, 2.05) is 6.08 Å². The number of carbonyl (C=O) groups is 1. The molecule has 2 rings (SSSR count). The first-order chi connectivity index (χ1) is 4.70. The average Bonchev–Trinajstić information content (AvgIpc) is 2.03. The summed E-state index contributed by atoms with van der Waals surface area (Å²) in [5, 5.41) is 2.99. The van der Waals surface area contributed by atoms with E-state index in [1.165, 1.54) is 0 Å². The van der Waals surface area contributed by atoms with E-state index in [-0.39, 0.29) is 17.4 Å². The minimum Gasteiger partial charge on any atom is -0.350 e. The van der Waals surface area contributed by atoms with Crippen molar-refractivity contribution in [2.24, 2.45) is 5.92 Å². The Morgan fingerprint density at radius 2 is 2.60 bits per heavy atom. The molecule has 0 saturated carbocycles. The third-order valence-electron chi connectivity index (χ3n) is 2.37. The molecule has 2 bridgehead atoms. The topological polar surface area (TPSA) is 29.1 Å². The maximum atomic E-state index is 11.1. The van der Waals surface area contributed by atoms with Crippen molar-refractivity contribution in [3.63, 3.8) is 0 Å². The first-order valence-corrected chi connectivity index (χ1v) is 3.68. The van der Waals surface area contributed by atoms with Crippen LogP contribution in [0.25, 0.3) is 0 Å². The molecule has 1 amide bonds. The molecule has 0 aromatic carbocycles. The highest BCUT2D eigenvalue weighted by Gasteiger charge is 2.40. The van der Waals surface area contributed by atoms with Gasteiger partial charge in [-0.15, -0.1) is 0 Å². The molecule has 1 aliphatic heterocycles. The van der Waals surface area contributed by atoms with Crippen molar-refractivity contribution in [3.8, 4) is 0 Å². The van der Waals surface area contributed by atoms with E-state index in [9.17, 15) is 4.79 Å². The summed E-state index contributed by atoms with van der Waals surface area (Å²) in [5.41, 5.74) is 0.0799. The molecule has 54 valence electrons. The van der Waals surface area contributed by atoms with Crippen LogP contribution in [0.15, 0.2) is 12.2 Å². The van der Waals surface area contributed by atoms with Crippen molar-refractivity contribution in [1.29, 1.82) is 0 Å². The Bertz CT molecular complexity index is 209. The zero-order valence-electron chi connectivity index (χ0n) is 6.05. The summed E-state index contributed by atoms with van der Waals surface area (Å²) < 4.78 is 0. The number of hydrogen-bond acceptors (Lipinski definition) is 1. The van der Waals surface area contributed by atoms with Crippen LogP contribution < -0.4 is 5.32 Å². The molecule has 10 heavy (non-hydrogen) atoms. The van der Waals surface area contributed by atoms with Crippen LogP contribution in [0, 0.1) is 5.92 Å². The minimum absolute atomic E-state index is 0.0799. The quantitative estimate of drug-likeness (QED) is 0.492. The van der Waals surface area contributed by atoms with Gasteiger partial charge in [-0.1, -0.05) is 12.2 Å². The highest BCUT2D eigenvalue weighted by Crippen LogP contribution is 2.32. The van der Waals surface area contributed by atoms with E-state index in [0.717, 1.165) is 12.8 Å². The van der Waals surface area contributed by atoms with E-state index >= 15 is 0 Å². The monoisotopic (exact) mass is 137 g/mol. The molecular formula is C8H11NO. The molecule has 1 heterocycles. The van der Waals surface area contributed by atoms with Gasteiger partial charge in [0.05, 0.1) is 5.92 Å². The molecule has 0 spiro atoms. The normalized spacial score (nSPS) is 43.7. The third-order valence-corrected chi connectivity index (χ3v) is 2.37. The molecule has 1 saturated heterocycles. The van der Waals surface area contributed by atoms with Crippen LogP contribution in [-0.2, 0) is 4.79 Å². The summed E-state index contributed by atoms with van der Waals surface area (Å²) >= 11 is 0. The molecular weight excluding hydrogens is 126 g/mol. The van der Waals surface area contributed by atoms with E-state index in [1.54, 1.807) is 0 Å². The maximum absolute atomic E-state index is 11.1. The highest BCUT2D eigenvalue weighted by molar-refractivity contribution is 5.84. The Hall–Kier alpha value is -0.790. The Morgan fingerprint density at radius 1 is 1.80 bits per heavy atom. The van der Waals surface area contributed by atoms with Gasteiger partial charge in [0.1, 0.15) is 0 Å². The smallest absolute Gasteiger partial charge is 0.227 e. The van der Waals surface area contributed by atoms with Crippen molar-refractivity contribution < 1.29 is 4.79 Å². The second-order valence-corrected chi connectivity index (χ2v) is 3.49. The van der Waals surface area contributed by atoms with Crippen LogP contribution in [-0.4, -0.2) is 11.4 Å². The Kier molecular flexibility index (Phi) is 0.967. The zero-order valence-corrected chi connectivity index (χ0v) is 6.05. The van der Waals surface area contributed by atoms with E-state index in [2.05, 4.69) is 18.3 Å². The summed E-state index contributed by atoms with van der Waals surface area (Å²) in [5.74, 6) is 0.370. The summed E-state index contributed by atoms with van der Waals surface area (Å²) in [6.07, 6.45) is 6.10. The minimum atomic E-state index is 0.0799. The van der Waals surface area contributed by atoms with E-state index in [4.69, 9.17) is 0 Å². The lowest BCUT2D eigenvalue weighted by molar-refractivity contribution is -0.121. The molecule has 2 atom stereocenters. The van der Waals surface area contributed by atoms with Gasteiger partial charge in [0, 0.05) is 5.54 Å². The number of nitrogens with one attached hydrogen (secondary N) is 1. The summed E-state index contributed by atoms with van der Waals surface area (Å²) in [6, 6.07) is 0. The maximum Gasteiger partial charge on any atom is 0.227 e. The van der Waals surface area contributed by atoms with Gasteiger partial charge in [-0.2, -0.15) is 0 Å². The molecule has 0 aromatic heterocycles. The van der Waals surface area contributed by atoms with Crippen molar-refractivity contribution >= 4 is 5.91 Å². The van der Waals surface area contributed by atoms with Gasteiger partial charge in [0.25, 0.3) is 0 Å². The first-order valence-electron chi connectivity index (χ1n) is 3.68. The van der Waals surface area contributed by atoms with Crippen molar-refractivity contribution in [1.82, 2.24) is 5.32 Å². The van der Waals surface area contributed by atoms with Crippen molar-refractivity contribution in [2.75, 3.05) is 0 Å². The summed E-state index contributed by atoms with van der Waals surface area (Å²) in [7, 11) is 0. The fraction of sp³-hybridized carbons (Fsp3) is 0.625. The van der Waals surface area contributed by atoms with E-state index < -0.39 is 0 Å². The number of fused-ring (bicyclic) bond motifs is 2. The van der Waals surface area contributed by atoms with Gasteiger partial charge in [0.2, 0.25) is 5.91 Å². The van der Waals surface area contributed by atoms with Gasteiger partial charge in [-0.3, -0.25) is 4.79 Å². The van der Waals surface area contributed by atoms with Crippen LogP contribution >= 0.6 is 0 Å². The average molecular weight is 137 g/mol. The molecule has 0 radical (unpaired) electrons. The van der Waals surface area contributed by atoms with Crippen molar-refractivity contribution in [2.45, 2.75) is 25.3 Å².